The molecule has 2 heterocycles. The van der Waals surface area contributed by atoms with Crippen LogP contribution in [0.25, 0.3) is 11.4 Å². The molecule has 6 heteroatoms. The van der Waals surface area contributed by atoms with E-state index in [2.05, 4.69) is 17.1 Å². The lowest BCUT2D eigenvalue weighted by molar-refractivity contribution is -0.134. The number of hydrogen-bond donors (Lipinski definition) is 0. The van der Waals surface area contributed by atoms with Gasteiger partial charge >= 0.3 is 0 Å². The molecule has 1 saturated heterocycles. The minimum Gasteiger partial charge on any atom is -0.483 e. The van der Waals surface area contributed by atoms with Crippen LogP contribution in [0, 0.1) is 5.92 Å². The SMILES string of the molecule is CCc1nc(-c2ccccc2OCC(=O)N2CCC(C)CC2)no1. The topological polar surface area (TPSA) is 68.5 Å². The highest BCUT2D eigenvalue weighted by Gasteiger charge is 2.21. The normalized spacial score (nSPS) is 15.5. The van der Waals surface area contributed by atoms with E-state index in [9.17, 15) is 4.79 Å². The van der Waals surface area contributed by atoms with Crippen molar-refractivity contribution in [1.82, 2.24) is 15.0 Å². The second kappa shape index (κ2) is 7.47. The summed E-state index contributed by atoms with van der Waals surface area (Å²) in [4.78, 5) is 18.5. The number of piperidine rings is 1. The Morgan fingerprint density at radius 2 is 2.08 bits per heavy atom. The number of benzene rings is 1. The summed E-state index contributed by atoms with van der Waals surface area (Å²) < 4.78 is 10.9. The third kappa shape index (κ3) is 3.75. The van der Waals surface area contributed by atoms with Crippen LogP contribution in [-0.2, 0) is 11.2 Å². The number of rotatable bonds is 5. The summed E-state index contributed by atoms with van der Waals surface area (Å²) in [6.07, 6.45) is 2.80. The zero-order valence-electron chi connectivity index (χ0n) is 14.2. The van der Waals surface area contributed by atoms with Gasteiger partial charge in [0, 0.05) is 19.5 Å². The molecule has 0 spiro atoms. The Morgan fingerprint density at radius 3 is 2.79 bits per heavy atom. The molecule has 2 aromatic rings. The maximum Gasteiger partial charge on any atom is 0.260 e. The fourth-order valence-corrected chi connectivity index (χ4v) is 2.77. The summed E-state index contributed by atoms with van der Waals surface area (Å²) in [5.41, 5.74) is 0.737. The van der Waals surface area contributed by atoms with E-state index in [-0.39, 0.29) is 12.5 Å². The van der Waals surface area contributed by atoms with Gasteiger partial charge in [-0.3, -0.25) is 4.79 Å². The fraction of sp³-hybridized carbons (Fsp3) is 0.500. The second-order valence-corrected chi connectivity index (χ2v) is 6.21. The number of aromatic nitrogens is 2. The Kier molecular flexibility index (Phi) is 5.13. The highest BCUT2D eigenvalue weighted by molar-refractivity contribution is 5.78. The molecular weight excluding hydrogens is 306 g/mol. The molecule has 128 valence electrons. The molecule has 24 heavy (non-hydrogen) atoms. The van der Waals surface area contributed by atoms with Crippen LogP contribution in [0.4, 0.5) is 0 Å². The fourth-order valence-electron chi connectivity index (χ4n) is 2.77. The average Bonchev–Trinajstić information content (AvgIpc) is 3.09. The quantitative estimate of drug-likeness (QED) is 0.843. The van der Waals surface area contributed by atoms with Crippen molar-refractivity contribution < 1.29 is 14.1 Å². The van der Waals surface area contributed by atoms with E-state index in [1.54, 1.807) is 0 Å². The van der Waals surface area contributed by atoms with Crippen molar-refractivity contribution in [3.63, 3.8) is 0 Å². The maximum absolute atomic E-state index is 12.3. The first-order valence-electron chi connectivity index (χ1n) is 8.50. The molecule has 0 bridgehead atoms. The molecule has 1 aliphatic rings. The van der Waals surface area contributed by atoms with Gasteiger partial charge in [-0.15, -0.1) is 0 Å². The van der Waals surface area contributed by atoms with Gasteiger partial charge in [-0.2, -0.15) is 4.98 Å². The van der Waals surface area contributed by atoms with Crippen LogP contribution in [0.15, 0.2) is 28.8 Å². The van der Waals surface area contributed by atoms with Crippen LogP contribution in [0.3, 0.4) is 0 Å². The summed E-state index contributed by atoms with van der Waals surface area (Å²) in [6, 6.07) is 7.44. The van der Waals surface area contributed by atoms with Crippen molar-refractivity contribution in [1.29, 1.82) is 0 Å². The summed E-state index contributed by atoms with van der Waals surface area (Å²) in [7, 11) is 0. The van der Waals surface area contributed by atoms with E-state index in [1.165, 1.54) is 0 Å². The predicted octanol–water partition coefficient (Wildman–Crippen LogP) is 2.94. The molecule has 0 aliphatic carbocycles. The lowest BCUT2D eigenvalue weighted by Gasteiger charge is -2.30. The zero-order valence-corrected chi connectivity index (χ0v) is 14.2. The Bertz CT molecular complexity index is 690. The largest absolute Gasteiger partial charge is 0.483 e. The monoisotopic (exact) mass is 329 g/mol. The van der Waals surface area contributed by atoms with Gasteiger partial charge in [-0.25, -0.2) is 0 Å². The molecule has 0 N–H and O–H groups in total. The number of hydrogen-bond acceptors (Lipinski definition) is 5. The highest BCUT2D eigenvalue weighted by atomic mass is 16.5. The first-order valence-corrected chi connectivity index (χ1v) is 8.50. The summed E-state index contributed by atoms with van der Waals surface area (Å²) >= 11 is 0. The number of ether oxygens (including phenoxy) is 1. The molecule has 1 aromatic carbocycles. The van der Waals surface area contributed by atoms with Crippen molar-refractivity contribution in [3.8, 4) is 17.1 Å². The molecule has 1 amide bonds. The molecule has 0 atom stereocenters. The lowest BCUT2D eigenvalue weighted by Crippen LogP contribution is -2.40. The minimum absolute atomic E-state index is 0.0269. The Labute approximate surface area is 141 Å². The number of likely N-dealkylation sites (tertiary alicyclic amines) is 1. The number of carbonyl (C=O) groups is 1. The van der Waals surface area contributed by atoms with Gasteiger partial charge in [0.1, 0.15) is 5.75 Å². The molecule has 0 radical (unpaired) electrons. The minimum atomic E-state index is 0.0269. The summed E-state index contributed by atoms with van der Waals surface area (Å²) in [5.74, 6) is 2.39. The van der Waals surface area contributed by atoms with E-state index in [4.69, 9.17) is 9.26 Å². The van der Waals surface area contributed by atoms with Crippen LogP contribution in [0.1, 0.15) is 32.6 Å². The van der Waals surface area contributed by atoms with Crippen LogP contribution in [0.5, 0.6) is 5.75 Å². The lowest BCUT2D eigenvalue weighted by atomic mass is 9.99. The third-order valence-electron chi connectivity index (χ3n) is 4.39. The van der Waals surface area contributed by atoms with Gasteiger partial charge in [0.25, 0.3) is 5.91 Å². The van der Waals surface area contributed by atoms with Gasteiger partial charge in [-0.05, 0) is 30.9 Å². The molecule has 3 rings (SSSR count). The summed E-state index contributed by atoms with van der Waals surface area (Å²) in [5, 5.41) is 3.98. The molecule has 1 aromatic heterocycles. The summed E-state index contributed by atoms with van der Waals surface area (Å²) in [6.45, 7) is 5.84. The van der Waals surface area contributed by atoms with Crippen molar-refractivity contribution in [2.75, 3.05) is 19.7 Å². The average molecular weight is 329 g/mol. The molecular formula is C18H23N3O3. The smallest absolute Gasteiger partial charge is 0.260 e. The Morgan fingerprint density at radius 1 is 1.33 bits per heavy atom. The van der Waals surface area contributed by atoms with E-state index in [1.807, 2.05) is 36.1 Å². The van der Waals surface area contributed by atoms with Gasteiger partial charge < -0.3 is 14.2 Å². The molecule has 6 nitrogen and oxygen atoms in total. The predicted molar refractivity (Wildman–Crippen MR) is 89.6 cm³/mol. The number of aryl methyl sites for hydroxylation is 1. The highest BCUT2D eigenvalue weighted by Crippen LogP contribution is 2.27. The number of carbonyl (C=O) groups excluding carboxylic acids is 1. The Balaban J connectivity index is 1.66. The molecule has 0 unspecified atom stereocenters. The molecule has 0 saturated carbocycles. The van der Waals surface area contributed by atoms with Crippen LogP contribution in [0.2, 0.25) is 0 Å². The van der Waals surface area contributed by atoms with Gasteiger partial charge in [0.15, 0.2) is 6.61 Å². The first-order chi connectivity index (χ1) is 11.7. The number of para-hydroxylation sites is 1. The van der Waals surface area contributed by atoms with Crippen LogP contribution < -0.4 is 4.74 Å². The van der Waals surface area contributed by atoms with Crippen LogP contribution in [-0.4, -0.2) is 40.6 Å². The van der Waals surface area contributed by atoms with Crippen molar-refractivity contribution in [3.05, 3.63) is 30.2 Å². The van der Waals surface area contributed by atoms with E-state index >= 15 is 0 Å². The third-order valence-corrected chi connectivity index (χ3v) is 4.39. The maximum atomic E-state index is 12.3. The van der Waals surface area contributed by atoms with E-state index in [0.717, 1.165) is 31.5 Å². The van der Waals surface area contributed by atoms with E-state index < -0.39 is 0 Å². The molecule has 1 fully saturated rings. The first kappa shape index (κ1) is 16.5. The van der Waals surface area contributed by atoms with Gasteiger partial charge in [0.2, 0.25) is 11.7 Å². The number of nitrogens with zero attached hydrogens (tertiary/aromatic N) is 3. The van der Waals surface area contributed by atoms with Crippen LogP contribution >= 0.6 is 0 Å². The van der Waals surface area contributed by atoms with Gasteiger partial charge in [-0.1, -0.05) is 31.1 Å². The Hall–Kier alpha value is -2.37. The van der Waals surface area contributed by atoms with Crippen molar-refractivity contribution in [2.24, 2.45) is 5.92 Å². The van der Waals surface area contributed by atoms with E-state index in [0.29, 0.717) is 29.8 Å². The zero-order chi connectivity index (χ0) is 16.9. The van der Waals surface area contributed by atoms with Crippen molar-refractivity contribution >= 4 is 5.91 Å². The molecule has 1 aliphatic heterocycles. The number of amides is 1. The van der Waals surface area contributed by atoms with Gasteiger partial charge in [0.05, 0.1) is 5.56 Å². The standard InChI is InChI=1S/C18H23N3O3/c1-3-16-19-18(20-24-16)14-6-4-5-7-15(14)23-12-17(22)21-10-8-13(2)9-11-21/h4-7,13H,3,8-12H2,1-2H3. The second-order valence-electron chi connectivity index (χ2n) is 6.21. The van der Waals surface area contributed by atoms with Crippen molar-refractivity contribution in [2.45, 2.75) is 33.1 Å².